The maximum absolute atomic E-state index is 13.8. The minimum Gasteiger partial charge on any atom is -0.493 e. The minimum atomic E-state index is -1.01. The van der Waals surface area contributed by atoms with E-state index in [0.29, 0.717) is 45.3 Å². The summed E-state index contributed by atoms with van der Waals surface area (Å²) in [5.41, 5.74) is 4.27. The SMILES string of the molecule is C=CCc1cc(/C=C2\SC(=Nc3ccccc3)N(Cc3ccc(C(=O)O)cc3)C2=O)cc(OC)c1OCc1ccc(Cl)cc1. The zero-order valence-electron chi connectivity index (χ0n) is 23.9. The highest BCUT2D eigenvalue weighted by atomic mass is 35.5. The van der Waals surface area contributed by atoms with Gasteiger partial charge in [0, 0.05) is 10.6 Å². The first-order chi connectivity index (χ1) is 21.3. The van der Waals surface area contributed by atoms with E-state index in [2.05, 4.69) is 6.58 Å². The number of para-hydroxylation sites is 1. The molecule has 0 saturated carbocycles. The van der Waals surface area contributed by atoms with Crippen molar-refractivity contribution in [3.63, 3.8) is 0 Å². The number of carboxylic acid groups (broad SMARTS) is 1. The van der Waals surface area contributed by atoms with E-state index < -0.39 is 5.97 Å². The molecule has 0 radical (unpaired) electrons. The molecule has 1 N–H and O–H groups in total. The molecule has 1 amide bonds. The van der Waals surface area contributed by atoms with Crippen molar-refractivity contribution >= 4 is 52.2 Å². The van der Waals surface area contributed by atoms with Gasteiger partial charge in [0.15, 0.2) is 16.7 Å². The Labute approximate surface area is 265 Å². The summed E-state index contributed by atoms with van der Waals surface area (Å²) in [5.74, 6) is -0.0744. The van der Waals surface area contributed by atoms with Crippen LogP contribution in [0.3, 0.4) is 0 Å². The zero-order chi connectivity index (χ0) is 31.1. The highest BCUT2D eigenvalue weighted by molar-refractivity contribution is 8.18. The van der Waals surface area contributed by atoms with Crippen molar-refractivity contribution < 1.29 is 24.2 Å². The average Bonchev–Trinajstić information content (AvgIpc) is 3.30. The second-order valence-electron chi connectivity index (χ2n) is 9.85. The van der Waals surface area contributed by atoms with Gasteiger partial charge >= 0.3 is 5.97 Å². The molecule has 0 aliphatic carbocycles. The number of amides is 1. The normalized spacial score (nSPS) is 14.7. The number of amidine groups is 1. The largest absolute Gasteiger partial charge is 0.493 e. The number of hydrogen-bond donors (Lipinski definition) is 1. The van der Waals surface area contributed by atoms with Gasteiger partial charge in [0.1, 0.15) is 6.61 Å². The van der Waals surface area contributed by atoms with Crippen LogP contribution in [0.2, 0.25) is 5.02 Å². The second kappa shape index (κ2) is 14.1. The highest BCUT2D eigenvalue weighted by Gasteiger charge is 2.33. The molecule has 1 aliphatic rings. The van der Waals surface area contributed by atoms with Crippen LogP contribution < -0.4 is 9.47 Å². The van der Waals surface area contributed by atoms with Gasteiger partial charge in [-0.2, -0.15) is 0 Å². The number of thioether (sulfide) groups is 1. The summed E-state index contributed by atoms with van der Waals surface area (Å²) in [6.07, 6.45) is 4.14. The smallest absolute Gasteiger partial charge is 0.335 e. The summed E-state index contributed by atoms with van der Waals surface area (Å²) >= 11 is 7.30. The number of benzene rings is 4. The van der Waals surface area contributed by atoms with Crippen molar-refractivity contribution in [3.8, 4) is 11.5 Å². The molecular weight excluding hydrogens is 596 g/mol. The van der Waals surface area contributed by atoms with Crippen LogP contribution in [0.1, 0.15) is 32.6 Å². The Morgan fingerprint density at radius 2 is 1.73 bits per heavy atom. The van der Waals surface area contributed by atoms with E-state index in [-0.39, 0.29) is 18.0 Å². The van der Waals surface area contributed by atoms with Crippen LogP contribution in [0.5, 0.6) is 11.5 Å². The van der Waals surface area contributed by atoms with Gasteiger partial charge in [-0.05, 0) is 89.5 Å². The van der Waals surface area contributed by atoms with Gasteiger partial charge in [0.2, 0.25) is 0 Å². The summed E-state index contributed by atoms with van der Waals surface area (Å²) < 4.78 is 11.9. The highest BCUT2D eigenvalue weighted by Crippen LogP contribution is 2.39. The van der Waals surface area contributed by atoms with Crippen LogP contribution in [0.15, 0.2) is 114 Å². The molecule has 0 atom stereocenters. The van der Waals surface area contributed by atoms with E-state index >= 15 is 0 Å². The fourth-order valence-electron chi connectivity index (χ4n) is 4.56. The quantitative estimate of drug-likeness (QED) is 0.134. The van der Waals surface area contributed by atoms with Crippen LogP contribution in [0, 0.1) is 0 Å². The molecule has 1 heterocycles. The molecule has 44 heavy (non-hydrogen) atoms. The van der Waals surface area contributed by atoms with E-state index in [1.165, 1.54) is 23.9 Å². The molecule has 1 fully saturated rings. The lowest BCUT2D eigenvalue weighted by Gasteiger charge is -2.16. The molecule has 0 bridgehead atoms. The number of carboxylic acids is 1. The van der Waals surface area contributed by atoms with Gasteiger partial charge in [-0.1, -0.05) is 60.1 Å². The third-order valence-electron chi connectivity index (χ3n) is 6.74. The lowest BCUT2D eigenvalue weighted by atomic mass is 10.0. The van der Waals surface area contributed by atoms with Crippen molar-refractivity contribution in [1.82, 2.24) is 4.90 Å². The van der Waals surface area contributed by atoms with E-state index in [9.17, 15) is 14.7 Å². The van der Waals surface area contributed by atoms with Crippen molar-refractivity contribution in [2.75, 3.05) is 7.11 Å². The van der Waals surface area contributed by atoms with Crippen LogP contribution in [0.25, 0.3) is 6.08 Å². The lowest BCUT2D eigenvalue weighted by Crippen LogP contribution is -2.28. The molecule has 4 aromatic carbocycles. The second-order valence-corrected chi connectivity index (χ2v) is 11.3. The number of allylic oxidation sites excluding steroid dienone is 1. The molecule has 5 rings (SSSR count). The van der Waals surface area contributed by atoms with Gasteiger partial charge in [0.05, 0.1) is 29.8 Å². The monoisotopic (exact) mass is 624 g/mol. The molecule has 1 saturated heterocycles. The first-order valence-corrected chi connectivity index (χ1v) is 14.9. The number of hydrogen-bond acceptors (Lipinski definition) is 6. The first-order valence-electron chi connectivity index (χ1n) is 13.7. The number of aliphatic imine (C=N–C) groups is 1. The fourth-order valence-corrected chi connectivity index (χ4v) is 5.68. The number of nitrogens with zero attached hydrogens (tertiary/aromatic N) is 2. The minimum absolute atomic E-state index is 0.180. The van der Waals surface area contributed by atoms with Gasteiger partial charge < -0.3 is 14.6 Å². The van der Waals surface area contributed by atoms with E-state index in [0.717, 1.165) is 22.3 Å². The topological polar surface area (TPSA) is 88.4 Å². The van der Waals surface area contributed by atoms with Crippen LogP contribution in [-0.2, 0) is 24.4 Å². The van der Waals surface area contributed by atoms with E-state index in [1.807, 2.05) is 72.8 Å². The Kier molecular flexibility index (Phi) is 9.84. The molecule has 0 aromatic heterocycles. The summed E-state index contributed by atoms with van der Waals surface area (Å²) in [4.78, 5) is 31.9. The number of halogens is 1. The zero-order valence-corrected chi connectivity index (χ0v) is 25.5. The number of ether oxygens (including phenoxy) is 2. The molecular formula is C35H29ClN2O5S. The third kappa shape index (κ3) is 7.40. The lowest BCUT2D eigenvalue weighted by molar-refractivity contribution is -0.122. The number of carbonyl (C=O) groups is 2. The summed E-state index contributed by atoms with van der Waals surface area (Å²) in [6, 6.07) is 27.1. The van der Waals surface area contributed by atoms with Crippen molar-refractivity contribution in [1.29, 1.82) is 0 Å². The van der Waals surface area contributed by atoms with Gasteiger partial charge in [-0.25, -0.2) is 9.79 Å². The van der Waals surface area contributed by atoms with Crippen LogP contribution >= 0.6 is 23.4 Å². The number of methoxy groups -OCH3 is 1. The van der Waals surface area contributed by atoms with Gasteiger partial charge in [-0.3, -0.25) is 9.69 Å². The molecule has 7 nitrogen and oxygen atoms in total. The van der Waals surface area contributed by atoms with E-state index in [4.69, 9.17) is 26.1 Å². The Balaban J connectivity index is 1.47. The number of rotatable bonds is 11. The van der Waals surface area contributed by atoms with Crippen LogP contribution in [0.4, 0.5) is 5.69 Å². The molecule has 0 unspecified atom stereocenters. The van der Waals surface area contributed by atoms with E-state index in [1.54, 1.807) is 30.2 Å². The third-order valence-corrected chi connectivity index (χ3v) is 8.00. The fraction of sp³-hybridized carbons (Fsp3) is 0.114. The molecule has 9 heteroatoms. The predicted molar refractivity (Wildman–Crippen MR) is 176 cm³/mol. The van der Waals surface area contributed by atoms with Gasteiger partial charge in [-0.15, -0.1) is 6.58 Å². The maximum Gasteiger partial charge on any atom is 0.335 e. The van der Waals surface area contributed by atoms with Crippen molar-refractivity contribution in [3.05, 3.63) is 141 Å². The van der Waals surface area contributed by atoms with Crippen LogP contribution in [-0.4, -0.2) is 34.2 Å². The van der Waals surface area contributed by atoms with Crippen molar-refractivity contribution in [2.45, 2.75) is 19.6 Å². The average molecular weight is 625 g/mol. The summed E-state index contributed by atoms with van der Waals surface area (Å²) in [6.45, 7) is 4.46. The Morgan fingerprint density at radius 1 is 1.02 bits per heavy atom. The molecule has 1 aliphatic heterocycles. The number of aromatic carboxylic acids is 1. The first kappa shape index (κ1) is 30.7. The maximum atomic E-state index is 13.8. The number of carbonyl (C=O) groups excluding carboxylic acids is 1. The summed E-state index contributed by atoms with van der Waals surface area (Å²) in [7, 11) is 1.58. The standard InChI is InChI=1S/C35H29ClN2O5S/c1-3-7-27-18-25(19-30(42-2)32(27)43-22-24-12-16-28(36)17-13-24)20-31-33(39)38(21-23-10-14-26(15-11-23)34(40)41)35(44-31)37-29-8-5-4-6-9-29/h3-6,8-20H,1,7,21-22H2,2H3,(H,40,41)/b31-20-,37-35?. The Bertz CT molecular complexity index is 1740. The van der Waals surface area contributed by atoms with Crippen molar-refractivity contribution in [2.24, 2.45) is 4.99 Å². The van der Waals surface area contributed by atoms with Gasteiger partial charge in [0.25, 0.3) is 5.91 Å². The molecule has 222 valence electrons. The Morgan fingerprint density at radius 3 is 2.39 bits per heavy atom. The Hall–Kier alpha value is -4.79. The molecule has 0 spiro atoms. The molecule has 4 aromatic rings. The predicted octanol–water partition coefficient (Wildman–Crippen LogP) is 8.16. The summed E-state index contributed by atoms with van der Waals surface area (Å²) in [5, 5.41) is 10.4.